The molecule has 4 atom stereocenters. The van der Waals surface area contributed by atoms with Gasteiger partial charge in [-0.3, -0.25) is 19.2 Å². The topological polar surface area (TPSA) is 99.2 Å². The van der Waals surface area contributed by atoms with E-state index in [1.54, 1.807) is 24.3 Å². The van der Waals surface area contributed by atoms with Crippen LogP contribution in [0.4, 0.5) is 5.69 Å². The van der Waals surface area contributed by atoms with Gasteiger partial charge in [0.1, 0.15) is 0 Å². The molecule has 3 aliphatic heterocycles. The number of nitrogens with zero attached hydrogens (tertiary/aromatic N) is 1. The number of hydrogen-bond acceptors (Lipinski definition) is 7. The number of hydrogen-bond donors (Lipinski definition) is 0. The first kappa shape index (κ1) is 19.6. The molecule has 4 rings (SSSR count). The van der Waals surface area contributed by atoms with Crippen LogP contribution in [-0.2, 0) is 33.4 Å². The molecule has 0 saturated carbocycles. The molecular weight excluding hydrogens is 402 g/mol. The summed E-state index contributed by atoms with van der Waals surface area (Å²) in [7, 11) is 0. The molecule has 8 nitrogen and oxygen atoms in total. The molecular formula is C20H18ClNO7. The van der Waals surface area contributed by atoms with Gasteiger partial charge in [0.15, 0.2) is 5.60 Å². The van der Waals surface area contributed by atoms with Crippen molar-refractivity contribution >= 4 is 41.0 Å². The van der Waals surface area contributed by atoms with Crippen molar-refractivity contribution < 1.29 is 33.4 Å². The summed E-state index contributed by atoms with van der Waals surface area (Å²) in [5, 5.41) is 0.421. The second-order valence-electron chi connectivity index (χ2n) is 7.29. The Kier molecular flexibility index (Phi) is 4.51. The molecule has 152 valence electrons. The fourth-order valence-corrected chi connectivity index (χ4v) is 4.37. The van der Waals surface area contributed by atoms with Gasteiger partial charge in [0.2, 0.25) is 11.8 Å². The van der Waals surface area contributed by atoms with E-state index in [-0.39, 0.29) is 0 Å². The Morgan fingerprint density at radius 3 is 2.41 bits per heavy atom. The Hall–Kier alpha value is -2.71. The monoisotopic (exact) mass is 419 g/mol. The van der Waals surface area contributed by atoms with Crippen LogP contribution >= 0.6 is 11.6 Å². The molecule has 0 spiro atoms. The number of esters is 2. The molecule has 2 fully saturated rings. The maximum atomic E-state index is 13.3. The molecule has 9 heteroatoms. The van der Waals surface area contributed by atoms with Gasteiger partial charge in [0.05, 0.1) is 23.6 Å². The highest BCUT2D eigenvalue weighted by Crippen LogP contribution is 2.54. The van der Waals surface area contributed by atoms with Gasteiger partial charge in [-0.1, -0.05) is 23.7 Å². The van der Waals surface area contributed by atoms with E-state index in [4.69, 9.17) is 25.8 Å². The minimum atomic E-state index is -1.57. The lowest BCUT2D eigenvalue weighted by Gasteiger charge is -2.34. The minimum Gasteiger partial charge on any atom is -0.422 e. The van der Waals surface area contributed by atoms with Crippen molar-refractivity contribution in [2.45, 2.75) is 38.8 Å². The van der Waals surface area contributed by atoms with Crippen LogP contribution in [0.3, 0.4) is 0 Å². The lowest BCUT2D eigenvalue weighted by atomic mass is 9.76. The Morgan fingerprint density at radius 1 is 1.17 bits per heavy atom. The zero-order valence-electron chi connectivity index (χ0n) is 15.9. The van der Waals surface area contributed by atoms with Crippen LogP contribution in [0.2, 0.25) is 5.02 Å². The number of ether oxygens (including phenoxy) is 3. The second-order valence-corrected chi connectivity index (χ2v) is 7.70. The predicted octanol–water partition coefficient (Wildman–Crippen LogP) is 1.91. The maximum absolute atomic E-state index is 13.3. The van der Waals surface area contributed by atoms with Gasteiger partial charge in [-0.25, -0.2) is 4.90 Å². The van der Waals surface area contributed by atoms with Gasteiger partial charge in [-0.05, 0) is 30.7 Å². The molecule has 29 heavy (non-hydrogen) atoms. The lowest BCUT2D eigenvalue weighted by molar-refractivity contribution is -0.226. The number of amides is 2. The van der Waals surface area contributed by atoms with Crippen LogP contribution in [0, 0.1) is 18.8 Å². The fourth-order valence-electron chi connectivity index (χ4n) is 4.19. The average molecular weight is 420 g/mol. The summed E-state index contributed by atoms with van der Waals surface area (Å²) >= 11 is 6.17. The number of halogens is 1. The molecule has 0 unspecified atom stereocenters. The van der Waals surface area contributed by atoms with Crippen molar-refractivity contribution in [3.8, 4) is 0 Å². The highest BCUT2D eigenvalue weighted by molar-refractivity contribution is 6.32. The van der Waals surface area contributed by atoms with E-state index in [0.29, 0.717) is 10.7 Å². The Bertz CT molecular complexity index is 958. The lowest BCUT2D eigenvalue weighted by Crippen LogP contribution is -2.52. The fraction of sp³-hybridized carbons (Fsp3) is 0.400. The first-order valence-corrected chi connectivity index (χ1v) is 9.39. The molecule has 1 aromatic carbocycles. The zero-order chi connectivity index (χ0) is 21.1. The molecule has 1 aromatic rings. The van der Waals surface area contributed by atoms with Crippen LogP contribution in [0.1, 0.15) is 19.4 Å². The summed E-state index contributed by atoms with van der Waals surface area (Å²) in [5.41, 5.74) is -0.417. The summed E-state index contributed by atoms with van der Waals surface area (Å²) in [5.74, 6) is -4.23. The molecule has 0 aromatic heterocycles. The predicted molar refractivity (Wildman–Crippen MR) is 99.7 cm³/mol. The third-order valence-corrected chi connectivity index (χ3v) is 5.81. The summed E-state index contributed by atoms with van der Waals surface area (Å²) in [4.78, 5) is 50.7. The Balaban J connectivity index is 1.75. The van der Waals surface area contributed by atoms with E-state index in [9.17, 15) is 19.2 Å². The number of aryl methyl sites for hydroxylation is 1. The molecule has 3 heterocycles. The minimum absolute atomic E-state index is 0.344. The Labute approximate surface area is 171 Å². The van der Waals surface area contributed by atoms with Crippen molar-refractivity contribution in [1.29, 1.82) is 0 Å². The summed E-state index contributed by atoms with van der Waals surface area (Å²) in [6.45, 7) is 4.11. The van der Waals surface area contributed by atoms with Crippen molar-refractivity contribution in [1.82, 2.24) is 0 Å². The van der Waals surface area contributed by atoms with Crippen molar-refractivity contribution in [2.24, 2.45) is 11.8 Å². The number of rotatable bonds is 4. The van der Waals surface area contributed by atoms with E-state index >= 15 is 0 Å². The maximum Gasteiger partial charge on any atom is 0.305 e. The largest absolute Gasteiger partial charge is 0.422 e. The smallest absolute Gasteiger partial charge is 0.305 e. The quantitative estimate of drug-likeness (QED) is 0.318. The number of carbonyl (C=O) groups excluding carboxylic acids is 4. The van der Waals surface area contributed by atoms with Gasteiger partial charge in [-0.15, -0.1) is 0 Å². The number of imide groups is 1. The summed E-state index contributed by atoms with van der Waals surface area (Å²) < 4.78 is 16.2. The van der Waals surface area contributed by atoms with E-state index < -0.39 is 53.6 Å². The van der Waals surface area contributed by atoms with E-state index in [2.05, 4.69) is 0 Å². The number of anilines is 1. The normalized spacial score (nSPS) is 29.6. The van der Waals surface area contributed by atoms with Crippen LogP contribution in [-0.4, -0.2) is 41.7 Å². The van der Waals surface area contributed by atoms with Crippen molar-refractivity contribution in [3.63, 3.8) is 0 Å². The molecule has 0 radical (unpaired) electrons. The average Bonchev–Trinajstić information content (AvgIpc) is 3.28. The van der Waals surface area contributed by atoms with Crippen LogP contribution in [0.5, 0.6) is 0 Å². The summed E-state index contributed by atoms with van der Waals surface area (Å²) in [6, 6.07) is 4.90. The van der Waals surface area contributed by atoms with Gasteiger partial charge >= 0.3 is 11.9 Å². The first-order chi connectivity index (χ1) is 13.7. The van der Waals surface area contributed by atoms with Crippen LogP contribution < -0.4 is 4.90 Å². The van der Waals surface area contributed by atoms with Crippen molar-refractivity contribution in [2.75, 3.05) is 4.90 Å². The first-order valence-electron chi connectivity index (χ1n) is 9.01. The molecule has 3 aliphatic rings. The molecule has 0 aliphatic carbocycles. The summed E-state index contributed by atoms with van der Waals surface area (Å²) in [6.07, 6.45) is 0.965. The highest BCUT2D eigenvalue weighted by Gasteiger charge is 2.72. The van der Waals surface area contributed by atoms with Gasteiger partial charge in [-0.2, -0.15) is 0 Å². The Morgan fingerprint density at radius 2 is 1.83 bits per heavy atom. The van der Waals surface area contributed by atoms with Crippen LogP contribution in [0.25, 0.3) is 0 Å². The second kappa shape index (κ2) is 6.67. The molecule has 0 N–H and O–H groups in total. The van der Waals surface area contributed by atoms with Crippen LogP contribution in [0.15, 0.2) is 30.4 Å². The third-order valence-electron chi connectivity index (χ3n) is 5.41. The molecule has 2 saturated heterocycles. The molecule has 2 amide bonds. The number of fused-ring (bicyclic) bond motifs is 5. The van der Waals surface area contributed by atoms with Gasteiger partial charge in [0, 0.05) is 18.9 Å². The van der Waals surface area contributed by atoms with Gasteiger partial charge < -0.3 is 14.2 Å². The third kappa shape index (κ3) is 2.86. The van der Waals surface area contributed by atoms with E-state index in [0.717, 1.165) is 24.3 Å². The molecule has 2 bridgehead atoms. The number of benzene rings is 1. The van der Waals surface area contributed by atoms with Crippen molar-refractivity contribution in [3.05, 3.63) is 40.9 Å². The van der Waals surface area contributed by atoms with Gasteiger partial charge in [0.25, 0.3) is 6.29 Å². The van der Waals surface area contributed by atoms with E-state index in [1.807, 2.05) is 6.92 Å². The standard InChI is InChI=1S/C20H18ClNO7/c1-9-4-5-12(8-13(9)21)22-17(25)15-14-6-7-20(29-14,16(15)18(22)26)19(27-10(2)23)28-11(3)24/h4-8,14-16,19H,1-3H3/t14-,15+,16-,20-/m0/s1. The highest BCUT2D eigenvalue weighted by atomic mass is 35.5. The SMILES string of the molecule is CC(=O)OC(OC(C)=O)[C@@]12C=C[C@H](O1)[C@H]1C(=O)N(c3ccc(C)c(Cl)c3)C(=O)[C@H]12. The van der Waals surface area contributed by atoms with E-state index in [1.165, 1.54) is 6.08 Å². The zero-order valence-corrected chi connectivity index (χ0v) is 16.6. The number of carbonyl (C=O) groups is 4.